The largest absolute Gasteiger partial charge is 0.492 e. The first-order valence-corrected chi connectivity index (χ1v) is 7.64. The molecule has 142 valence electrons. The third-order valence-corrected chi connectivity index (χ3v) is 3.66. The van der Waals surface area contributed by atoms with Gasteiger partial charge in [0.05, 0.1) is 12.1 Å². The smallest absolute Gasteiger partial charge is 0.416 e. The maximum absolute atomic E-state index is 12.6. The van der Waals surface area contributed by atoms with Crippen LogP contribution in [-0.4, -0.2) is 19.1 Å². The number of ether oxygens (including phenoxy) is 1. The number of rotatable bonds is 6. The average molecular weight is 389 g/mol. The van der Waals surface area contributed by atoms with E-state index in [9.17, 15) is 18.0 Å². The fourth-order valence-electron chi connectivity index (χ4n) is 2.19. The van der Waals surface area contributed by atoms with Gasteiger partial charge in [-0.25, -0.2) is 0 Å². The van der Waals surface area contributed by atoms with Crippen LogP contribution in [0.4, 0.5) is 13.2 Å². The van der Waals surface area contributed by atoms with E-state index in [4.69, 9.17) is 10.5 Å². The molecular weight excluding hydrogens is 369 g/mol. The van der Waals surface area contributed by atoms with E-state index in [2.05, 4.69) is 5.32 Å². The van der Waals surface area contributed by atoms with E-state index in [0.29, 0.717) is 5.56 Å². The maximum Gasteiger partial charge on any atom is 0.416 e. The lowest BCUT2D eigenvalue weighted by molar-refractivity contribution is -0.137. The van der Waals surface area contributed by atoms with Gasteiger partial charge in [0.1, 0.15) is 17.9 Å². The zero-order chi connectivity index (χ0) is 18.5. The Morgan fingerprint density at radius 1 is 1.08 bits per heavy atom. The topological polar surface area (TPSA) is 64.4 Å². The van der Waals surface area contributed by atoms with Crippen LogP contribution in [-0.2, 0) is 16.5 Å². The van der Waals surface area contributed by atoms with Crippen molar-refractivity contribution in [1.29, 1.82) is 0 Å². The number of amides is 1. The average Bonchev–Trinajstić information content (AvgIpc) is 2.59. The van der Waals surface area contributed by atoms with Crippen molar-refractivity contribution in [2.75, 3.05) is 13.2 Å². The highest BCUT2D eigenvalue weighted by atomic mass is 35.5. The van der Waals surface area contributed by atoms with Crippen LogP contribution in [0.1, 0.15) is 18.1 Å². The van der Waals surface area contributed by atoms with Gasteiger partial charge in [0.2, 0.25) is 5.91 Å². The van der Waals surface area contributed by atoms with E-state index >= 15 is 0 Å². The molecule has 0 saturated heterocycles. The fourth-order valence-corrected chi connectivity index (χ4v) is 2.19. The molecule has 4 nitrogen and oxygen atoms in total. The summed E-state index contributed by atoms with van der Waals surface area (Å²) >= 11 is 0. The van der Waals surface area contributed by atoms with E-state index < -0.39 is 23.2 Å². The molecule has 0 bridgehead atoms. The van der Waals surface area contributed by atoms with E-state index in [1.165, 1.54) is 12.1 Å². The Bertz CT molecular complexity index is 722. The van der Waals surface area contributed by atoms with Gasteiger partial charge in [0.25, 0.3) is 0 Å². The molecule has 1 unspecified atom stereocenters. The molecule has 0 aliphatic heterocycles. The summed E-state index contributed by atoms with van der Waals surface area (Å²) in [4.78, 5) is 12.2. The minimum Gasteiger partial charge on any atom is -0.492 e. The van der Waals surface area contributed by atoms with Crippen molar-refractivity contribution >= 4 is 18.3 Å². The van der Waals surface area contributed by atoms with Crippen molar-refractivity contribution in [3.8, 4) is 5.75 Å². The summed E-state index contributed by atoms with van der Waals surface area (Å²) in [6, 6.07) is 13.5. The summed E-state index contributed by atoms with van der Waals surface area (Å²) in [7, 11) is 0. The third-order valence-electron chi connectivity index (χ3n) is 3.66. The molecule has 0 spiro atoms. The summed E-state index contributed by atoms with van der Waals surface area (Å²) < 4.78 is 43.1. The minimum absolute atomic E-state index is 0. The number of nitrogens with two attached hydrogens (primary N) is 1. The first kappa shape index (κ1) is 21.8. The normalized spacial score (nSPS) is 13.3. The van der Waals surface area contributed by atoms with Gasteiger partial charge in [-0.3, -0.25) is 4.79 Å². The van der Waals surface area contributed by atoms with Crippen LogP contribution < -0.4 is 15.8 Å². The van der Waals surface area contributed by atoms with Crippen LogP contribution in [0.15, 0.2) is 54.6 Å². The fraction of sp³-hybridized carbons (Fsp3) is 0.278. The second kappa shape index (κ2) is 8.91. The number of carbonyl (C=O) groups is 1. The van der Waals surface area contributed by atoms with Crippen LogP contribution in [0.3, 0.4) is 0 Å². The van der Waals surface area contributed by atoms with Crippen molar-refractivity contribution in [3.05, 3.63) is 65.7 Å². The number of carbonyl (C=O) groups excluding carboxylic acids is 1. The minimum atomic E-state index is -4.43. The lowest BCUT2D eigenvalue weighted by Gasteiger charge is -2.24. The van der Waals surface area contributed by atoms with Crippen LogP contribution in [0.5, 0.6) is 5.75 Å². The van der Waals surface area contributed by atoms with E-state index in [-0.39, 0.29) is 31.3 Å². The van der Waals surface area contributed by atoms with E-state index in [1.807, 2.05) is 6.07 Å². The summed E-state index contributed by atoms with van der Waals surface area (Å²) in [5.41, 5.74) is 4.73. The van der Waals surface area contributed by atoms with Gasteiger partial charge < -0.3 is 15.8 Å². The molecule has 1 atom stereocenters. The molecule has 26 heavy (non-hydrogen) atoms. The predicted octanol–water partition coefficient (Wildman–Crippen LogP) is 3.50. The monoisotopic (exact) mass is 388 g/mol. The zero-order valence-electron chi connectivity index (χ0n) is 14.0. The Morgan fingerprint density at radius 3 is 2.31 bits per heavy atom. The Kier molecular flexibility index (Phi) is 7.47. The second-order valence-electron chi connectivity index (χ2n) is 5.70. The lowest BCUT2D eigenvalue weighted by atomic mass is 9.92. The molecule has 0 fully saturated rings. The molecule has 3 N–H and O–H groups in total. The predicted molar refractivity (Wildman–Crippen MR) is 95.2 cm³/mol. The van der Waals surface area contributed by atoms with Crippen LogP contribution in [0, 0.1) is 0 Å². The second-order valence-corrected chi connectivity index (χ2v) is 5.70. The number of hydrogen-bond acceptors (Lipinski definition) is 3. The molecule has 0 heterocycles. The van der Waals surface area contributed by atoms with E-state index in [1.54, 1.807) is 31.2 Å². The first-order chi connectivity index (χ1) is 11.7. The van der Waals surface area contributed by atoms with Crippen LogP contribution in [0.2, 0.25) is 0 Å². The summed E-state index contributed by atoms with van der Waals surface area (Å²) in [6.07, 6.45) is -4.43. The van der Waals surface area contributed by atoms with Gasteiger partial charge >= 0.3 is 6.18 Å². The highest BCUT2D eigenvalue weighted by Crippen LogP contribution is 2.31. The summed E-state index contributed by atoms with van der Waals surface area (Å²) in [6.45, 7) is 1.73. The molecule has 0 radical (unpaired) electrons. The standard InChI is InChI=1S/C18H19F3N2O2.ClH/c1-17(22,13-6-3-2-4-7-13)16(24)23-10-11-25-15-9-5-8-14(12-15)18(19,20)21;/h2-9,12H,10-11,22H2,1H3,(H,23,24);1H. The van der Waals surface area contributed by atoms with Gasteiger partial charge in [0, 0.05) is 0 Å². The quantitative estimate of drug-likeness (QED) is 0.744. The highest BCUT2D eigenvalue weighted by molar-refractivity contribution is 5.87. The van der Waals surface area contributed by atoms with Gasteiger partial charge in [0.15, 0.2) is 0 Å². The molecule has 2 aromatic carbocycles. The molecule has 0 saturated carbocycles. The Morgan fingerprint density at radius 2 is 1.69 bits per heavy atom. The van der Waals surface area contributed by atoms with Gasteiger partial charge in [-0.05, 0) is 30.7 Å². The van der Waals surface area contributed by atoms with E-state index in [0.717, 1.165) is 12.1 Å². The molecule has 2 aromatic rings. The summed E-state index contributed by atoms with van der Waals surface area (Å²) in [5, 5.41) is 2.63. The molecule has 0 aliphatic carbocycles. The lowest BCUT2D eigenvalue weighted by Crippen LogP contribution is -2.49. The third kappa shape index (κ3) is 5.64. The molecule has 1 amide bonds. The van der Waals surface area contributed by atoms with Gasteiger partial charge in [-0.1, -0.05) is 36.4 Å². The number of hydrogen-bond donors (Lipinski definition) is 2. The Balaban J connectivity index is 0.00000338. The van der Waals surface area contributed by atoms with Gasteiger partial charge in [-0.15, -0.1) is 12.4 Å². The SMILES string of the molecule is CC(N)(C(=O)NCCOc1cccc(C(F)(F)F)c1)c1ccccc1.Cl. The molecule has 8 heteroatoms. The molecule has 0 aliphatic rings. The van der Waals surface area contributed by atoms with Crippen molar-refractivity contribution in [3.63, 3.8) is 0 Å². The number of benzene rings is 2. The molecular formula is C18H20ClF3N2O2. The van der Waals surface area contributed by atoms with Crippen LogP contribution >= 0.6 is 12.4 Å². The molecule has 0 aromatic heterocycles. The Labute approximate surface area is 155 Å². The number of nitrogens with one attached hydrogen (secondary N) is 1. The highest BCUT2D eigenvalue weighted by Gasteiger charge is 2.31. The van der Waals surface area contributed by atoms with Crippen molar-refractivity contribution in [2.45, 2.75) is 18.6 Å². The number of alkyl halides is 3. The van der Waals surface area contributed by atoms with Gasteiger partial charge in [-0.2, -0.15) is 13.2 Å². The van der Waals surface area contributed by atoms with Crippen molar-refractivity contribution in [1.82, 2.24) is 5.32 Å². The summed E-state index contributed by atoms with van der Waals surface area (Å²) in [5.74, 6) is -0.311. The first-order valence-electron chi connectivity index (χ1n) is 7.64. The maximum atomic E-state index is 12.6. The van der Waals surface area contributed by atoms with Crippen molar-refractivity contribution in [2.24, 2.45) is 5.73 Å². The molecule has 2 rings (SSSR count). The van der Waals surface area contributed by atoms with Crippen molar-refractivity contribution < 1.29 is 22.7 Å². The van der Waals surface area contributed by atoms with Crippen LogP contribution in [0.25, 0.3) is 0 Å². The zero-order valence-corrected chi connectivity index (χ0v) is 14.9. The Hall–Kier alpha value is -2.25. The number of halogens is 4.